The topological polar surface area (TPSA) is 74.2 Å². The number of aryl methyl sites for hydroxylation is 1. The van der Waals surface area contributed by atoms with Gasteiger partial charge in [-0.3, -0.25) is 4.98 Å². The predicted octanol–water partition coefficient (Wildman–Crippen LogP) is 5.53. The maximum absolute atomic E-state index is 13.8. The van der Waals surface area contributed by atoms with Crippen LogP contribution in [0.4, 0.5) is 13.2 Å². The van der Waals surface area contributed by atoms with Crippen LogP contribution in [-0.4, -0.2) is 14.4 Å². The highest BCUT2D eigenvalue weighted by molar-refractivity contribution is 7.15. The molecule has 12 heteroatoms. The van der Waals surface area contributed by atoms with Gasteiger partial charge in [0.1, 0.15) is 12.1 Å². The van der Waals surface area contributed by atoms with Crippen molar-refractivity contribution < 1.29 is 22.8 Å². The average molecular weight is 563 g/mol. The summed E-state index contributed by atoms with van der Waals surface area (Å²) in [5.74, 6) is -0.535. The van der Waals surface area contributed by atoms with E-state index in [-0.39, 0.29) is 28.4 Å². The first-order valence-corrected chi connectivity index (χ1v) is 12.3. The Kier molecular flexibility index (Phi) is 6.43. The van der Waals surface area contributed by atoms with Gasteiger partial charge < -0.3 is 5.11 Å². The molecule has 37 heavy (non-hydrogen) atoms. The fraction of sp³-hybridized carbons (Fsp3) is 0.120. The molecule has 188 valence electrons. The lowest BCUT2D eigenvalue weighted by Crippen LogP contribution is -2.44. The van der Waals surface area contributed by atoms with Crippen molar-refractivity contribution in [1.29, 1.82) is 0 Å². The Labute approximate surface area is 221 Å². The molecule has 6 nitrogen and oxygen atoms in total. The zero-order valence-electron chi connectivity index (χ0n) is 18.9. The molecule has 0 N–H and O–H groups in total. The zero-order valence-corrected chi connectivity index (χ0v) is 21.2. The van der Waals surface area contributed by atoms with Crippen LogP contribution in [0.3, 0.4) is 0 Å². The van der Waals surface area contributed by atoms with Gasteiger partial charge in [-0.05, 0) is 36.8 Å². The Morgan fingerprint density at radius 1 is 1.08 bits per heavy atom. The maximum atomic E-state index is 13.8. The number of hydrogen-bond donors (Lipinski definition) is 0. The Morgan fingerprint density at radius 3 is 2.51 bits per heavy atom. The molecule has 0 unspecified atom stereocenters. The number of hydrogen-bond acceptors (Lipinski definition) is 5. The Balaban J connectivity index is 1.70. The van der Waals surface area contributed by atoms with Crippen molar-refractivity contribution in [3.63, 3.8) is 0 Å². The second-order valence-corrected chi connectivity index (χ2v) is 10.3. The lowest BCUT2D eigenvalue weighted by atomic mass is 10.0. The summed E-state index contributed by atoms with van der Waals surface area (Å²) in [4.78, 5) is 22.2. The van der Waals surface area contributed by atoms with Gasteiger partial charge in [0.25, 0.3) is 5.65 Å². The lowest BCUT2D eigenvalue weighted by molar-refractivity contribution is -0.707. The van der Waals surface area contributed by atoms with Crippen molar-refractivity contribution in [3.05, 3.63) is 96.9 Å². The summed E-state index contributed by atoms with van der Waals surface area (Å²) in [5.41, 5.74) is 0.235. The minimum Gasteiger partial charge on any atom is -0.842 e. The molecule has 0 aliphatic heterocycles. The van der Waals surface area contributed by atoms with E-state index in [4.69, 9.17) is 23.2 Å². The van der Waals surface area contributed by atoms with Crippen LogP contribution < -0.4 is 15.2 Å². The first kappa shape index (κ1) is 25.2. The number of thiazole rings is 1. The molecule has 1 aromatic carbocycles. The van der Waals surface area contributed by atoms with Gasteiger partial charge in [-0.2, -0.15) is 17.6 Å². The van der Waals surface area contributed by atoms with Crippen LogP contribution in [0.5, 0.6) is 5.88 Å². The summed E-state index contributed by atoms with van der Waals surface area (Å²) in [6.45, 7) is 1.93. The third kappa shape index (κ3) is 4.68. The summed E-state index contributed by atoms with van der Waals surface area (Å²) >= 11 is 13.3. The standard InChI is InChI=1S/C25H15Cl2F3N4O2S/c1-13-4-3-7-33-21(13)34(12-17-11-32-24(27)37-17)23(36)19(22(33)35)14-5-2-6-15(8-14)20-18(26)9-16(10-31-20)25(28,29)30/h2-11H,12H2,1H3. The number of benzene rings is 1. The molecule has 0 bridgehead atoms. The Bertz CT molecular complexity index is 1730. The van der Waals surface area contributed by atoms with Gasteiger partial charge in [0.05, 0.1) is 33.2 Å². The first-order chi connectivity index (χ1) is 17.5. The molecule has 0 saturated carbocycles. The molecular formula is C25H15Cl2F3N4O2S. The van der Waals surface area contributed by atoms with Crippen molar-refractivity contribution in [3.8, 4) is 28.3 Å². The number of pyridine rings is 2. The summed E-state index contributed by atoms with van der Waals surface area (Å²) < 4.78 is 42.3. The maximum Gasteiger partial charge on any atom is 0.417 e. The molecule has 0 amide bonds. The number of fused-ring (bicyclic) bond motifs is 1. The Hall–Kier alpha value is -3.47. The predicted molar refractivity (Wildman–Crippen MR) is 133 cm³/mol. The van der Waals surface area contributed by atoms with Crippen molar-refractivity contribution in [2.24, 2.45) is 0 Å². The van der Waals surface area contributed by atoms with Gasteiger partial charge in [-0.1, -0.05) is 41.4 Å². The van der Waals surface area contributed by atoms with E-state index in [9.17, 15) is 23.1 Å². The van der Waals surface area contributed by atoms with Crippen LogP contribution >= 0.6 is 34.5 Å². The van der Waals surface area contributed by atoms with E-state index >= 15 is 0 Å². The third-order valence-corrected chi connectivity index (χ3v) is 7.13. The van der Waals surface area contributed by atoms with Crippen molar-refractivity contribution in [1.82, 2.24) is 14.4 Å². The second-order valence-electron chi connectivity index (χ2n) is 8.17. The minimum atomic E-state index is -4.59. The quantitative estimate of drug-likeness (QED) is 0.270. The van der Waals surface area contributed by atoms with E-state index in [1.54, 1.807) is 49.6 Å². The molecule has 5 aromatic rings. The Morgan fingerprint density at radius 2 is 1.84 bits per heavy atom. The van der Waals surface area contributed by atoms with E-state index in [2.05, 4.69) is 9.97 Å². The van der Waals surface area contributed by atoms with Gasteiger partial charge in [0, 0.05) is 23.5 Å². The van der Waals surface area contributed by atoms with E-state index in [0.717, 1.165) is 10.9 Å². The molecule has 0 saturated heterocycles. The number of alkyl halides is 3. The van der Waals surface area contributed by atoms with Crippen molar-refractivity contribution in [2.45, 2.75) is 19.6 Å². The molecule has 4 heterocycles. The normalized spacial score (nSPS) is 11.8. The van der Waals surface area contributed by atoms with E-state index in [0.29, 0.717) is 27.4 Å². The molecule has 0 atom stereocenters. The van der Waals surface area contributed by atoms with Gasteiger partial charge in [-0.25, -0.2) is 14.3 Å². The van der Waals surface area contributed by atoms with Gasteiger partial charge in [0.15, 0.2) is 4.47 Å². The van der Waals surface area contributed by atoms with E-state index in [1.807, 2.05) is 0 Å². The van der Waals surface area contributed by atoms with Crippen LogP contribution in [0, 0.1) is 6.92 Å². The number of nitrogens with zero attached hydrogens (tertiary/aromatic N) is 4. The van der Waals surface area contributed by atoms with Crippen LogP contribution in [0.25, 0.3) is 28.0 Å². The highest BCUT2D eigenvalue weighted by atomic mass is 35.5. The third-order valence-electron chi connectivity index (χ3n) is 5.74. The highest BCUT2D eigenvalue weighted by Crippen LogP contribution is 2.35. The molecule has 0 aliphatic carbocycles. The van der Waals surface area contributed by atoms with E-state index < -0.39 is 23.2 Å². The molecule has 4 aromatic heterocycles. The highest BCUT2D eigenvalue weighted by Gasteiger charge is 2.32. The molecule has 0 radical (unpaired) electrons. The minimum absolute atomic E-state index is 0.0906. The first-order valence-electron chi connectivity index (χ1n) is 10.7. The molecule has 0 aliphatic rings. The van der Waals surface area contributed by atoms with Gasteiger partial charge in [-0.15, -0.1) is 11.3 Å². The van der Waals surface area contributed by atoms with Crippen LogP contribution in [0.15, 0.2) is 65.8 Å². The van der Waals surface area contributed by atoms with E-state index in [1.165, 1.54) is 26.4 Å². The van der Waals surface area contributed by atoms with Crippen LogP contribution in [0.2, 0.25) is 9.49 Å². The monoisotopic (exact) mass is 562 g/mol. The van der Waals surface area contributed by atoms with Gasteiger partial charge >= 0.3 is 11.7 Å². The SMILES string of the molecule is Cc1cccn2c(=O)c(-c3cccc(-c4ncc(C(F)(F)F)cc4Cl)c3)c([O-])[n+](Cc3cnc(Cl)s3)c12. The average Bonchev–Trinajstić information content (AvgIpc) is 3.26. The van der Waals surface area contributed by atoms with Gasteiger partial charge in [0.2, 0.25) is 0 Å². The zero-order chi connectivity index (χ0) is 26.5. The summed E-state index contributed by atoms with van der Waals surface area (Å²) in [7, 11) is 0. The summed E-state index contributed by atoms with van der Waals surface area (Å²) in [6.07, 6.45) is -0.767. The molecule has 0 spiro atoms. The fourth-order valence-corrected chi connectivity index (χ4v) is 5.33. The largest absolute Gasteiger partial charge is 0.842 e. The lowest BCUT2D eigenvalue weighted by Gasteiger charge is -2.18. The second kappa shape index (κ2) is 9.44. The van der Waals surface area contributed by atoms with Crippen LogP contribution in [-0.2, 0) is 12.7 Å². The summed E-state index contributed by atoms with van der Waals surface area (Å²) in [6, 6.07) is 10.5. The smallest absolute Gasteiger partial charge is 0.417 e. The molecule has 5 rings (SSSR count). The number of halogens is 5. The van der Waals surface area contributed by atoms with Crippen molar-refractivity contribution >= 4 is 40.2 Å². The fourth-order valence-electron chi connectivity index (χ4n) is 4.09. The van der Waals surface area contributed by atoms with Crippen LogP contribution in [0.1, 0.15) is 16.0 Å². The molecular weight excluding hydrogens is 548 g/mol. The molecule has 0 fully saturated rings. The van der Waals surface area contributed by atoms with Crippen molar-refractivity contribution in [2.75, 3.05) is 0 Å². The number of rotatable bonds is 4. The number of aromatic nitrogens is 4. The summed E-state index contributed by atoms with van der Waals surface area (Å²) in [5, 5.41) is 13.6.